The first-order chi connectivity index (χ1) is 22.2. The Morgan fingerprint density at radius 2 is 1.50 bits per heavy atom. The predicted molar refractivity (Wildman–Crippen MR) is 176 cm³/mol. The Bertz CT molecular complexity index is 1330. The summed E-state index contributed by atoms with van der Waals surface area (Å²) in [4.78, 5) is 25.9. The standard InChI is InChI=1S/C38H60O10/c1-33(2)16-17-38(32(44)46-9)21(18-33)20-10-11-23-35(5)14-13-25(47-31-28(42)26(40)27(41)29(48-31)30(43)45-8)34(3,4)22(35)12-15-36(23,6)37(20,7)19-24(38)39/h10,21-29,31,39-42H,11-19H2,1-9H3/t21?,22?,23?,24-,25+,26+,27+,28-,29+,31-,35+,36-,37-,38-/m1/s1. The lowest BCUT2D eigenvalue weighted by Crippen LogP contribution is -2.68. The molecular formula is C38H60O10. The number of aliphatic hydroxyl groups is 4. The number of hydrogen-bond acceptors (Lipinski definition) is 10. The van der Waals surface area contributed by atoms with Gasteiger partial charge >= 0.3 is 11.9 Å². The van der Waals surface area contributed by atoms with Gasteiger partial charge in [0.15, 0.2) is 12.4 Å². The van der Waals surface area contributed by atoms with E-state index in [0.29, 0.717) is 25.2 Å². The summed E-state index contributed by atoms with van der Waals surface area (Å²) in [6.45, 7) is 16.2. The van der Waals surface area contributed by atoms with Gasteiger partial charge in [0.1, 0.15) is 23.7 Å². The molecule has 1 heterocycles. The van der Waals surface area contributed by atoms with E-state index in [1.807, 2.05) is 0 Å². The molecule has 0 spiro atoms. The third kappa shape index (κ3) is 4.85. The summed E-state index contributed by atoms with van der Waals surface area (Å²) in [5, 5.41) is 43.9. The molecule has 5 aliphatic carbocycles. The largest absolute Gasteiger partial charge is 0.468 e. The summed E-state index contributed by atoms with van der Waals surface area (Å²) >= 11 is 0. The summed E-state index contributed by atoms with van der Waals surface area (Å²) in [6, 6.07) is 0. The summed E-state index contributed by atoms with van der Waals surface area (Å²) in [6.07, 6.45) is 1.12. The van der Waals surface area contributed by atoms with Crippen LogP contribution in [0.25, 0.3) is 0 Å². The van der Waals surface area contributed by atoms with Gasteiger partial charge in [-0.25, -0.2) is 4.79 Å². The number of aliphatic hydroxyl groups excluding tert-OH is 4. The first-order valence-electron chi connectivity index (χ1n) is 18.1. The van der Waals surface area contributed by atoms with Crippen LogP contribution in [0.1, 0.15) is 106 Å². The summed E-state index contributed by atoms with van der Waals surface area (Å²) < 4.78 is 22.4. The number of esters is 2. The Morgan fingerprint density at radius 3 is 2.15 bits per heavy atom. The molecule has 6 rings (SSSR count). The van der Waals surface area contributed by atoms with Gasteiger partial charge in [0.05, 0.1) is 26.4 Å². The number of rotatable bonds is 4. The van der Waals surface area contributed by atoms with Crippen LogP contribution in [0.15, 0.2) is 11.6 Å². The van der Waals surface area contributed by atoms with Crippen LogP contribution in [0.4, 0.5) is 0 Å². The van der Waals surface area contributed by atoms with Crippen molar-refractivity contribution in [1.29, 1.82) is 0 Å². The minimum absolute atomic E-state index is 0.0502. The molecule has 4 N–H and O–H groups in total. The second kappa shape index (κ2) is 11.7. The van der Waals surface area contributed by atoms with Crippen LogP contribution in [0.3, 0.4) is 0 Å². The Morgan fingerprint density at radius 1 is 0.812 bits per heavy atom. The smallest absolute Gasteiger partial charge is 0.337 e. The summed E-state index contributed by atoms with van der Waals surface area (Å²) in [5.41, 5.74) is -0.267. The minimum Gasteiger partial charge on any atom is -0.468 e. The number of methoxy groups -OCH3 is 2. The molecule has 0 radical (unpaired) electrons. The Kier molecular flexibility index (Phi) is 8.86. The van der Waals surface area contributed by atoms with Gasteiger partial charge in [0, 0.05) is 0 Å². The van der Waals surface area contributed by atoms with Crippen molar-refractivity contribution < 1.29 is 49.0 Å². The van der Waals surface area contributed by atoms with Crippen LogP contribution >= 0.6 is 0 Å². The topological polar surface area (TPSA) is 152 Å². The zero-order valence-electron chi connectivity index (χ0n) is 30.5. The minimum atomic E-state index is -1.63. The van der Waals surface area contributed by atoms with Gasteiger partial charge in [-0.15, -0.1) is 0 Å². The van der Waals surface area contributed by atoms with Crippen LogP contribution in [-0.2, 0) is 28.5 Å². The van der Waals surface area contributed by atoms with Crippen LogP contribution in [0.5, 0.6) is 0 Å². The number of ether oxygens (including phenoxy) is 4. The highest BCUT2D eigenvalue weighted by Crippen LogP contribution is 2.76. The van der Waals surface area contributed by atoms with Gasteiger partial charge in [0.2, 0.25) is 0 Å². The number of hydrogen-bond donors (Lipinski definition) is 4. The zero-order valence-corrected chi connectivity index (χ0v) is 30.5. The normalized spacial score (nSPS) is 50.8. The van der Waals surface area contributed by atoms with E-state index in [9.17, 15) is 30.0 Å². The van der Waals surface area contributed by atoms with E-state index in [4.69, 9.17) is 18.9 Å². The van der Waals surface area contributed by atoms with Crippen molar-refractivity contribution in [3.63, 3.8) is 0 Å². The highest BCUT2D eigenvalue weighted by molar-refractivity contribution is 5.79. The molecule has 0 aromatic carbocycles. The molecule has 3 unspecified atom stereocenters. The van der Waals surface area contributed by atoms with Crippen molar-refractivity contribution >= 4 is 11.9 Å². The second-order valence-corrected chi connectivity index (χ2v) is 18.4. The monoisotopic (exact) mass is 676 g/mol. The molecular weight excluding hydrogens is 616 g/mol. The fraction of sp³-hybridized carbons (Fsp3) is 0.895. The number of fused-ring (bicyclic) bond motifs is 7. The van der Waals surface area contributed by atoms with Gasteiger partial charge in [-0.3, -0.25) is 4.79 Å². The number of carbonyl (C=O) groups excluding carboxylic acids is 2. The quantitative estimate of drug-likeness (QED) is 0.193. The molecule has 6 aliphatic rings. The fourth-order valence-electron chi connectivity index (χ4n) is 12.6. The van der Waals surface area contributed by atoms with Crippen molar-refractivity contribution in [3.8, 4) is 0 Å². The molecule has 0 bridgehead atoms. The fourth-order valence-corrected chi connectivity index (χ4v) is 12.6. The van der Waals surface area contributed by atoms with Gasteiger partial charge in [-0.2, -0.15) is 0 Å². The maximum absolute atomic E-state index is 13.6. The lowest BCUT2D eigenvalue weighted by atomic mass is 9.33. The van der Waals surface area contributed by atoms with Crippen LogP contribution < -0.4 is 0 Å². The van der Waals surface area contributed by atoms with E-state index >= 15 is 0 Å². The van der Waals surface area contributed by atoms with Crippen LogP contribution in [0.2, 0.25) is 0 Å². The summed E-state index contributed by atoms with van der Waals surface area (Å²) in [5.74, 6) is -0.561. The molecule has 1 aliphatic heterocycles. The van der Waals surface area contributed by atoms with Crippen molar-refractivity contribution in [1.82, 2.24) is 0 Å². The van der Waals surface area contributed by atoms with Crippen molar-refractivity contribution in [3.05, 3.63) is 11.6 Å². The van der Waals surface area contributed by atoms with E-state index < -0.39 is 48.2 Å². The molecule has 4 saturated carbocycles. The van der Waals surface area contributed by atoms with E-state index in [-0.39, 0.29) is 51.0 Å². The van der Waals surface area contributed by atoms with E-state index in [2.05, 4.69) is 54.5 Å². The predicted octanol–water partition coefficient (Wildman–Crippen LogP) is 4.30. The average molecular weight is 677 g/mol. The van der Waals surface area contributed by atoms with Crippen molar-refractivity contribution in [2.24, 2.45) is 50.2 Å². The van der Waals surface area contributed by atoms with Gasteiger partial charge < -0.3 is 39.4 Å². The second-order valence-electron chi connectivity index (χ2n) is 18.4. The Hall–Kier alpha value is -1.56. The SMILES string of the molecule is COC(=O)[C@H]1O[C@@H](O[C@H]2CC[C@@]3(C)C(CC[C@]4(C)C3CC=C3C5CC(C)(C)CC[C@]5(C(=O)OC)[C@H](O)C[C@]34C)C2(C)C)[C@H](O)[C@@H](O)[C@@H]1O. The summed E-state index contributed by atoms with van der Waals surface area (Å²) in [7, 11) is 2.63. The van der Waals surface area contributed by atoms with E-state index in [1.54, 1.807) is 0 Å². The van der Waals surface area contributed by atoms with E-state index in [0.717, 1.165) is 38.5 Å². The van der Waals surface area contributed by atoms with Gasteiger partial charge in [0.25, 0.3) is 0 Å². The van der Waals surface area contributed by atoms with Crippen LogP contribution in [-0.4, -0.2) is 89.5 Å². The Labute approximate surface area is 285 Å². The first kappa shape index (κ1) is 36.2. The van der Waals surface area contributed by atoms with Crippen molar-refractivity contribution in [2.75, 3.05) is 14.2 Å². The molecule has 5 fully saturated rings. The van der Waals surface area contributed by atoms with Gasteiger partial charge in [-0.05, 0) is 103 Å². The molecule has 272 valence electrons. The lowest BCUT2D eigenvalue weighted by Gasteiger charge is -2.71. The number of allylic oxidation sites excluding steroid dienone is 2. The molecule has 1 saturated heterocycles. The molecule has 0 aromatic rings. The maximum Gasteiger partial charge on any atom is 0.337 e. The van der Waals surface area contributed by atoms with Crippen LogP contribution in [0, 0.1) is 50.2 Å². The zero-order chi connectivity index (χ0) is 35.4. The molecule has 14 atom stereocenters. The number of carbonyl (C=O) groups is 2. The highest BCUT2D eigenvalue weighted by Gasteiger charge is 2.71. The lowest BCUT2D eigenvalue weighted by molar-refractivity contribution is -0.324. The average Bonchev–Trinajstić information content (AvgIpc) is 3.01. The Balaban J connectivity index is 1.30. The molecule has 10 heteroatoms. The molecule has 10 nitrogen and oxygen atoms in total. The third-order valence-electron chi connectivity index (χ3n) is 15.5. The van der Waals surface area contributed by atoms with E-state index in [1.165, 1.54) is 19.8 Å². The molecule has 48 heavy (non-hydrogen) atoms. The molecule has 0 amide bonds. The highest BCUT2D eigenvalue weighted by atomic mass is 16.7. The first-order valence-corrected chi connectivity index (χ1v) is 18.1. The maximum atomic E-state index is 13.6. The molecule has 0 aromatic heterocycles. The third-order valence-corrected chi connectivity index (χ3v) is 15.5. The van der Waals surface area contributed by atoms with Gasteiger partial charge in [-0.1, -0.05) is 60.1 Å². The van der Waals surface area contributed by atoms with Crippen molar-refractivity contribution in [2.45, 2.75) is 149 Å².